The quantitative estimate of drug-likeness (QED) is 0.611. The third-order valence-corrected chi connectivity index (χ3v) is 2.79. The van der Waals surface area contributed by atoms with Gasteiger partial charge in [0.1, 0.15) is 0 Å². The molecule has 1 rings (SSSR count). The second-order valence-corrected chi connectivity index (χ2v) is 5.06. The Hall–Kier alpha value is -0.530. The van der Waals surface area contributed by atoms with Gasteiger partial charge in [0.25, 0.3) is 0 Å². The molecule has 1 fully saturated rings. The van der Waals surface area contributed by atoms with Gasteiger partial charge in [0.15, 0.2) is 0 Å². The van der Waals surface area contributed by atoms with Crippen LogP contribution in [0.1, 0.15) is 40.5 Å². The fourth-order valence-electron chi connectivity index (χ4n) is 1.82. The van der Waals surface area contributed by atoms with Gasteiger partial charge in [0.2, 0.25) is 5.91 Å². The lowest BCUT2D eigenvalue weighted by molar-refractivity contribution is -0.138. The van der Waals surface area contributed by atoms with Crippen LogP contribution in [0.4, 0.5) is 0 Å². The molecular weight excluding hydrogens is 162 g/mol. The van der Waals surface area contributed by atoms with E-state index >= 15 is 0 Å². The Morgan fingerprint density at radius 1 is 1.46 bits per heavy atom. The minimum absolute atomic E-state index is 0.206. The van der Waals surface area contributed by atoms with Gasteiger partial charge in [-0.05, 0) is 12.3 Å². The summed E-state index contributed by atoms with van der Waals surface area (Å²) in [4.78, 5) is 13.9. The van der Waals surface area contributed by atoms with E-state index in [0.29, 0.717) is 5.91 Å². The number of carbonyl (C=O) groups excluding carboxylic acids is 1. The molecule has 13 heavy (non-hydrogen) atoms. The standard InChI is InChI=1S/C11H21NO/c1-5-9-6-7-12(8-9)10(13)11(2,3)4/h9H,5-8H2,1-4H3/t9-/m0/s1. The predicted molar refractivity (Wildman–Crippen MR) is 54.4 cm³/mol. The van der Waals surface area contributed by atoms with Gasteiger partial charge in [0, 0.05) is 18.5 Å². The van der Waals surface area contributed by atoms with Crippen LogP contribution in [0.2, 0.25) is 0 Å². The Morgan fingerprint density at radius 2 is 2.08 bits per heavy atom. The fourth-order valence-corrected chi connectivity index (χ4v) is 1.82. The molecule has 1 aliphatic heterocycles. The monoisotopic (exact) mass is 183 g/mol. The van der Waals surface area contributed by atoms with Gasteiger partial charge in [-0.3, -0.25) is 4.79 Å². The SMILES string of the molecule is CC[C@H]1CCN(C(=O)C(C)(C)C)C1. The van der Waals surface area contributed by atoms with Crippen LogP contribution in [-0.4, -0.2) is 23.9 Å². The van der Waals surface area contributed by atoms with E-state index < -0.39 is 0 Å². The average molecular weight is 183 g/mol. The zero-order valence-electron chi connectivity index (χ0n) is 9.26. The van der Waals surface area contributed by atoms with Crippen molar-refractivity contribution in [2.24, 2.45) is 11.3 Å². The van der Waals surface area contributed by atoms with Gasteiger partial charge in [-0.25, -0.2) is 0 Å². The lowest BCUT2D eigenvalue weighted by Gasteiger charge is -2.25. The maximum absolute atomic E-state index is 11.9. The number of hydrogen-bond acceptors (Lipinski definition) is 1. The summed E-state index contributed by atoms with van der Waals surface area (Å²) in [5, 5.41) is 0. The van der Waals surface area contributed by atoms with Crippen molar-refractivity contribution in [1.29, 1.82) is 0 Å². The molecule has 0 saturated carbocycles. The molecule has 1 aliphatic rings. The summed E-state index contributed by atoms with van der Waals surface area (Å²) in [6.07, 6.45) is 2.40. The molecule has 0 spiro atoms. The molecule has 76 valence electrons. The lowest BCUT2D eigenvalue weighted by atomic mass is 9.95. The van der Waals surface area contributed by atoms with Crippen LogP contribution in [0, 0.1) is 11.3 Å². The number of likely N-dealkylation sites (tertiary alicyclic amines) is 1. The minimum Gasteiger partial charge on any atom is -0.342 e. The second-order valence-electron chi connectivity index (χ2n) is 5.06. The molecule has 1 saturated heterocycles. The summed E-state index contributed by atoms with van der Waals surface area (Å²) >= 11 is 0. The molecule has 0 N–H and O–H groups in total. The number of nitrogens with zero attached hydrogens (tertiary/aromatic N) is 1. The summed E-state index contributed by atoms with van der Waals surface area (Å²) < 4.78 is 0. The molecule has 0 radical (unpaired) electrons. The number of amides is 1. The Labute approximate surface area is 81.3 Å². The molecule has 2 nitrogen and oxygen atoms in total. The normalized spacial score (nSPS) is 23.7. The predicted octanol–water partition coefficient (Wildman–Crippen LogP) is 2.29. The van der Waals surface area contributed by atoms with Crippen LogP contribution in [-0.2, 0) is 4.79 Å². The van der Waals surface area contributed by atoms with Crippen LogP contribution in [0.15, 0.2) is 0 Å². The van der Waals surface area contributed by atoms with Crippen molar-refractivity contribution in [3.63, 3.8) is 0 Å². The van der Waals surface area contributed by atoms with Crippen LogP contribution in [0.25, 0.3) is 0 Å². The van der Waals surface area contributed by atoms with Crippen LogP contribution >= 0.6 is 0 Å². The van der Waals surface area contributed by atoms with E-state index in [-0.39, 0.29) is 5.41 Å². The largest absolute Gasteiger partial charge is 0.342 e. The zero-order valence-corrected chi connectivity index (χ0v) is 9.26. The van der Waals surface area contributed by atoms with E-state index in [0.717, 1.165) is 19.0 Å². The van der Waals surface area contributed by atoms with Gasteiger partial charge < -0.3 is 4.90 Å². The van der Waals surface area contributed by atoms with E-state index in [2.05, 4.69) is 6.92 Å². The summed E-state index contributed by atoms with van der Waals surface area (Å²) in [5.74, 6) is 1.05. The second kappa shape index (κ2) is 3.69. The van der Waals surface area contributed by atoms with Crippen molar-refractivity contribution in [2.45, 2.75) is 40.5 Å². The van der Waals surface area contributed by atoms with Gasteiger partial charge >= 0.3 is 0 Å². The molecular formula is C11H21NO. The summed E-state index contributed by atoms with van der Waals surface area (Å²) in [6.45, 7) is 10.1. The maximum Gasteiger partial charge on any atom is 0.227 e. The van der Waals surface area contributed by atoms with Crippen molar-refractivity contribution in [3.8, 4) is 0 Å². The highest BCUT2D eigenvalue weighted by atomic mass is 16.2. The van der Waals surface area contributed by atoms with Crippen LogP contribution < -0.4 is 0 Å². The van der Waals surface area contributed by atoms with Crippen molar-refractivity contribution < 1.29 is 4.79 Å². The smallest absolute Gasteiger partial charge is 0.227 e. The molecule has 1 atom stereocenters. The van der Waals surface area contributed by atoms with Crippen molar-refractivity contribution >= 4 is 5.91 Å². The summed E-state index contributed by atoms with van der Waals surface area (Å²) in [5.41, 5.74) is -0.206. The molecule has 0 aliphatic carbocycles. The van der Waals surface area contributed by atoms with Crippen molar-refractivity contribution in [3.05, 3.63) is 0 Å². The highest BCUT2D eigenvalue weighted by Crippen LogP contribution is 2.25. The molecule has 1 amide bonds. The van der Waals surface area contributed by atoms with Gasteiger partial charge in [-0.15, -0.1) is 0 Å². The molecule has 0 aromatic heterocycles. The molecule has 0 aromatic rings. The topological polar surface area (TPSA) is 20.3 Å². The number of rotatable bonds is 1. The third kappa shape index (κ3) is 2.45. The van der Waals surface area contributed by atoms with Crippen molar-refractivity contribution in [1.82, 2.24) is 4.90 Å². The first kappa shape index (κ1) is 10.6. The fraction of sp³-hybridized carbons (Fsp3) is 0.909. The molecule has 0 unspecified atom stereocenters. The lowest BCUT2D eigenvalue weighted by Crippen LogP contribution is -2.37. The molecule has 2 heteroatoms. The first-order chi connectivity index (χ1) is 5.95. The Kier molecular flexibility index (Phi) is 2.99. The van der Waals surface area contributed by atoms with Gasteiger partial charge in [0.05, 0.1) is 0 Å². The average Bonchev–Trinajstić information content (AvgIpc) is 2.48. The van der Waals surface area contributed by atoms with Gasteiger partial charge in [-0.2, -0.15) is 0 Å². The highest BCUT2D eigenvalue weighted by Gasteiger charge is 2.31. The molecule has 0 bridgehead atoms. The number of carbonyl (C=O) groups is 1. The van der Waals surface area contributed by atoms with E-state index in [1.165, 1.54) is 12.8 Å². The first-order valence-corrected chi connectivity index (χ1v) is 5.24. The van der Waals surface area contributed by atoms with Gasteiger partial charge in [-0.1, -0.05) is 34.1 Å². The van der Waals surface area contributed by atoms with Crippen LogP contribution in [0.5, 0.6) is 0 Å². The van der Waals surface area contributed by atoms with Crippen molar-refractivity contribution in [2.75, 3.05) is 13.1 Å². The molecule has 1 heterocycles. The van der Waals surface area contributed by atoms with E-state index in [4.69, 9.17) is 0 Å². The Morgan fingerprint density at radius 3 is 2.46 bits per heavy atom. The zero-order chi connectivity index (χ0) is 10.1. The summed E-state index contributed by atoms with van der Waals surface area (Å²) in [7, 11) is 0. The summed E-state index contributed by atoms with van der Waals surface area (Å²) in [6, 6.07) is 0. The molecule has 0 aromatic carbocycles. The maximum atomic E-state index is 11.9. The Bertz CT molecular complexity index is 193. The minimum atomic E-state index is -0.206. The van der Waals surface area contributed by atoms with E-state index in [9.17, 15) is 4.79 Å². The Balaban J connectivity index is 2.52. The third-order valence-electron chi connectivity index (χ3n) is 2.79. The number of hydrogen-bond donors (Lipinski definition) is 0. The van der Waals surface area contributed by atoms with Crippen LogP contribution in [0.3, 0.4) is 0 Å². The first-order valence-electron chi connectivity index (χ1n) is 5.24. The van der Waals surface area contributed by atoms with E-state index in [1.807, 2.05) is 25.7 Å². The highest BCUT2D eigenvalue weighted by molar-refractivity contribution is 5.81. The van der Waals surface area contributed by atoms with E-state index in [1.54, 1.807) is 0 Å².